The van der Waals surface area contributed by atoms with Gasteiger partial charge in [0.05, 0.1) is 6.04 Å². The average molecular weight is 323 g/mol. The van der Waals surface area contributed by atoms with Gasteiger partial charge in [-0.2, -0.15) is 23.5 Å². The van der Waals surface area contributed by atoms with Crippen molar-refractivity contribution in [1.82, 2.24) is 5.43 Å². The first-order chi connectivity index (χ1) is 10.2. The van der Waals surface area contributed by atoms with Crippen molar-refractivity contribution in [1.29, 1.82) is 0 Å². The Bertz CT molecular complexity index is 458. The van der Waals surface area contributed by atoms with Crippen LogP contribution < -0.4 is 11.3 Å². The van der Waals surface area contributed by atoms with Crippen LogP contribution in [0.5, 0.6) is 0 Å². The van der Waals surface area contributed by atoms with E-state index in [1.54, 1.807) is 0 Å². The van der Waals surface area contributed by atoms with Crippen molar-refractivity contribution in [2.45, 2.75) is 60.8 Å². The minimum Gasteiger partial charge on any atom is -0.271 e. The third kappa shape index (κ3) is 3.44. The van der Waals surface area contributed by atoms with Crippen LogP contribution in [0.2, 0.25) is 0 Å². The number of nitrogens with two attached hydrogens (primary N) is 1. The van der Waals surface area contributed by atoms with Gasteiger partial charge in [-0.25, -0.2) is 0 Å². The fourth-order valence-corrected chi connectivity index (χ4v) is 6.22. The lowest BCUT2D eigenvalue weighted by Gasteiger charge is -2.36. The van der Waals surface area contributed by atoms with Crippen LogP contribution in [-0.4, -0.2) is 21.5 Å². The van der Waals surface area contributed by atoms with E-state index in [-0.39, 0.29) is 6.04 Å². The highest BCUT2D eigenvalue weighted by Crippen LogP contribution is 2.41. The summed E-state index contributed by atoms with van der Waals surface area (Å²) in [4.78, 5) is 0. The fourth-order valence-electron chi connectivity index (χ4n) is 3.12. The number of hydrazine groups is 1. The molecule has 1 saturated carbocycles. The van der Waals surface area contributed by atoms with E-state index in [1.807, 2.05) is 0 Å². The molecule has 1 aliphatic carbocycles. The smallest absolute Gasteiger partial charge is 0.0586 e. The van der Waals surface area contributed by atoms with Gasteiger partial charge in [0.2, 0.25) is 0 Å². The van der Waals surface area contributed by atoms with E-state index in [4.69, 9.17) is 5.84 Å². The Labute approximate surface area is 137 Å². The number of benzene rings is 1. The van der Waals surface area contributed by atoms with Crippen LogP contribution in [0.1, 0.15) is 56.2 Å². The molecule has 1 aromatic carbocycles. The largest absolute Gasteiger partial charge is 0.271 e. The molecule has 3 N–H and O–H groups in total. The Hall–Kier alpha value is -0.160. The summed E-state index contributed by atoms with van der Waals surface area (Å²) >= 11 is 4.16. The van der Waals surface area contributed by atoms with Crippen LogP contribution in [0.3, 0.4) is 0 Å². The average Bonchev–Trinajstić information content (AvgIpc) is 2.43. The van der Waals surface area contributed by atoms with Gasteiger partial charge in [-0.05, 0) is 29.9 Å². The molecular weight excluding hydrogens is 296 g/mol. The second-order valence-electron chi connectivity index (χ2n) is 6.36. The van der Waals surface area contributed by atoms with Gasteiger partial charge >= 0.3 is 0 Å². The Morgan fingerprint density at radius 1 is 1.14 bits per heavy atom. The zero-order valence-corrected chi connectivity index (χ0v) is 14.6. The van der Waals surface area contributed by atoms with Crippen molar-refractivity contribution >= 4 is 23.5 Å². The number of rotatable bonds is 4. The van der Waals surface area contributed by atoms with Crippen LogP contribution in [0.25, 0.3) is 0 Å². The van der Waals surface area contributed by atoms with Gasteiger partial charge < -0.3 is 0 Å². The van der Waals surface area contributed by atoms with Crippen molar-refractivity contribution in [3.63, 3.8) is 0 Å². The summed E-state index contributed by atoms with van der Waals surface area (Å²) in [6, 6.07) is 9.46. The predicted octanol–water partition coefficient (Wildman–Crippen LogP) is 4.08. The molecule has 1 aromatic rings. The second kappa shape index (κ2) is 6.95. The van der Waals surface area contributed by atoms with Crippen LogP contribution in [-0.2, 0) is 0 Å². The van der Waals surface area contributed by atoms with Gasteiger partial charge in [-0.1, -0.05) is 44.5 Å². The molecule has 0 bridgehead atoms. The standard InChI is InChI=1S/C17H26N2S2/c1-11-12(2)21-16(10-20-11)17(19-18)15-8-6-14(7-9-15)13-4-3-5-13/h6-9,11-13,16-17,19H,3-5,10,18H2,1-2H3. The molecule has 0 amide bonds. The first-order valence-electron chi connectivity index (χ1n) is 8.02. The molecule has 4 atom stereocenters. The highest BCUT2D eigenvalue weighted by Gasteiger charge is 2.31. The van der Waals surface area contributed by atoms with Gasteiger partial charge in [0.15, 0.2) is 0 Å². The van der Waals surface area contributed by atoms with Crippen LogP contribution in [0.4, 0.5) is 0 Å². The lowest BCUT2D eigenvalue weighted by Crippen LogP contribution is -2.40. The molecule has 2 aliphatic rings. The molecule has 2 fully saturated rings. The Balaban J connectivity index is 1.70. The van der Waals surface area contributed by atoms with Crippen LogP contribution in [0, 0.1) is 0 Å². The molecule has 2 nitrogen and oxygen atoms in total. The summed E-state index contributed by atoms with van der Waals surface area (Å²) in [6.45, 7) is 4.67. The molecule has 3 rings (SSSR count). The van der Waals surface area contributed by atoms with Gasteiger partial charge in [0.25, 0.3) is 0 Å². The summed E-state index contributed by atoms with van der Waals surface area (Å²) in [5, 5.41) is 1.99. The van der Waals surface area contributed by atoms with E-state index in [2.05, 4.69) is 67.1 Å². The topological polar surface area (TPSA) is 38.0 Å². The number of thioether (sulfide) groups is 2. The van der Waals surface area contributed by atoms with E-state index in [9.17, 15) is 0 Å². The summed E-state index contributed by atoms with van der Waals surface area (Å²) in [5.41, 5.74) is 5.91. The summed E-state index contributed by atoms with van der Waals surface area (Å²) in [5.74, 6) is 7.86. The lowest BCUT2D eigenvalue weighted by molar-refractivity contribution is 0.419. The minimum atomic E-state index is 0.257. The highest BCUT2D eigenvalue weighted by atomic mass is 32.2. The Morgan fingerprint density at radius 3 is 2.38 bits per heavy atom. The van der Waals surface area contributed by atoms with Crippen LogP contribution in [0.15, 0.2) is 24.3 Å². The molecule has 1 aliphatic heterocycles. The molecule has 4 unspecified atom stereocenters. The zero-order chi connectivity index (χ0) is 14.8. The summed E-state index contributed by atoms with van der Waals surface area (Å²) < 4.78 is 0. The molecule has 4 heteroatoms. The highest BCUT2D eigenvalue weighted by molar-refractivity contribution is 8.07. The Kier molecular flexibility index (Phi) is 5.20. The van der Waals surface area contributed by atoms with Crippen molar-refractivity contribution in [3.05, 3.63) is 35.4 Å². The van der Waals surface area contributed by atoms with Crippen molar-refractivity contribution in [3.8, 4) is 0 Å². The monoisotopic (exact) mass is 322 g/mol. The predicted molar refractivity (Wildman–Crippen MR) is 95.9 cm³/mol. The number of hydrogen-bond donors (Lipinski definition) is 2. The quantitative estimate of drug-likeness (QED) is 0.647. The lowest BCUT2D eigenvalue weighted by atomic mass is 9.80. The van der Waals surface area contributed by atoms with Crippen molar-refractivity contribution in [2.24, 2.45) is 5.84 Å². The molecule has 0 radical (unpaired) electrons. The molecule has 0 aromatic heterocycles. The van der Waals surface area contributed by atoms with Crippen molar-refractivity contribution in [2.75, 3.05) is 5.75 Å². The number of hydrogen-bond acceptors (Lipinski definition) is 4. The maximum absolute atomic E-state index is 5.88. The third-order valence-corrected chi connectivity index (χ3v) is 8.49. The third-order valence-electron chi connectivity index (χ3n) is 5.00. The fraction of sp³-hybridized carbons (Fsp3) is 0.647. The van der Waals surface area contributed by atoms with E-state index < -0.39 is 0 Å². The van der Waals surface area contributed by atoms with Crippen LogP contribution >= 0.6 is 23.5 Å². The first kappa shape index (κ1) is 15.7. The van der Waals surface area contributed by atoms with E-state index in [1.165, 1.54) is 36.1 Å². The van der Waals surface area contributed by atoms with Gasteiger partial charge in [0, 0.05) is 21.5 Å². The van der Waals surface area contributed by atoms with Gasteiger partial charge in [-0.3, -0.25) is 11.3 Å². The molecule has 1 heterocycles. The second-order valence-corrected chi connectivity index (χ2v) is 9.39. The maximum atomic E-state index is 5.88. The zero-order valence-electron chi connectivity index (χ0n) is 12.9. The normalized spacial score (nSPS) is 31.7. The number of nitrogens with one attached hydrogen (secondary N) is 1. The van der Waals surface area contributed by atoms with Gasteiger partial charge in [-0.15, -0.1) is 0 Å². The molecule has 21 heavy (non-hydrogen) atoms. The van der Waals surface area contributed by atoms with Gasteiger partial charge in [0.1, 0.15) is 0 Å². The Morgan fingerprint density at radius 2 is 1.86 bits per heavy atom. The molecule has 0 spiro atoms. The molecular formula is C17H26N2S2. The minimum absolute atomic E-state index is 0.257. The van der Waals surface area contributed by atoms with E-state index >= 15 is 0 Å². The van der Waals surface area contributed by atoms with Crippen molar-refractivity contribution < 1.29 is 0 Å². The van der Waals surface area contributed by atoms with E-state index in [0.29, 0.717) is 10.5 Å². The summed E-state index contributed by atoms with van der Waals surface area (Å²) in [7, 11) is 0. The SMILES string of the molecule is CC1SCC(C(NN)c2ccc(C3CCC3)cc2)SC1C. The molecule has 116 valence electrons. The molecule has 1 saturated heterocycles. The summed E-state index contributed by atoms with van der Waals surface area (Å²) in [6.07, 6.45) is 4.12. The first-order valence-corrected chi connectivity index (χ1v) is 10.0. The van der Waals surface area contributed by atoms with E-state index in [0.717, 1.165) is 11.2 Å². The maximum Gasteiger partial charge on any atom is 0.0586 e.